The molecule has 1 amide bonds. The predicted octanol–water partition coefficient (Wildman–Crippen LogP) is 7.09. The van der Waals surface area contributed by atoms with E-state index in [0.29, 0.717) is 18.7 Å². The third kappa shape index (κ3) is 11.9. The minimum Gasteiger partial charge on any atom is -0.444 e. The predicted molar refractivity (Wildman–Crippen MR) is 211 cm³/mol. The number of likely N-dealkylation sites (N-methyl/N-ethyl adjacent to an activating group) is 3. The van der Waals surface area contributed by atoms with Gasteiger partial charge >= 0.3 is 6.09 Å². The number of nitrogens with one attached hydrogen (secondary N) is 2. The number of carbonyl (C=O) groups excluding carboxylic acids is 1. The second-order valence-corrected chi connectivity index (χ2v) is 13.8. The van der Waals surface area contributed by atoms with Crippen molar-refractivity contribution in [2.75, 3.05) is 60.6 Å². The van der Waals surface area contributed by atoms with Crippen LogP contribution in [0, 0.1) is 34.0 Å². The largest absolute Gasteiger partial charge is 0.444 e. The van der Waals surface area contributed by atoms with Crippen molar-refractivity contribution in [1.29, 1.82) is 15.8 Å². The first-order valence-corrected chi connectivity index (χ1v) is 17.7. The zero-order chi connectivity index (χ0) is 37.7. The van der Waals surface area contributed by atoms with Gasteiger partial charge in [-0.2, -0.15) is 15.8 Å². The van der Waals surface area contributed by atoms with Gasteiger partial charge in [0.1, 0.15) is 11.7 Å². The Hall–Kier alpha value is -4.80. The molecule has 0 saturated carbocycles. The molecular weight excluding hydrogens is 681 g/mol. The van der Waals surface area contributed by atoms with E-state index in [9.17, 15) is 10.1 Å². The molecule has 290 valence electrons. The number of amides is 1. The Balaban J connectivity index is 0.000000282. The van der Waals surface area contributed by atoms with Crippen LogP contribution in [-0.4, -0.2) is 77.2 Å². The topological polar surface area (TPSA) is 153 Å². The van der Waals surface area contributed by atoms with E-state index in [4.69, 9.17) is 29.5 Å². The number of nitriles is 3. The van der Waals surface area contributed by atoms with E-state index in [2.05, 4.69) is 41.0 Å². The fraction of sp³-hybridized carbons (Fsp3) is 0.488. The number of ether oxygens (including phenoxy) is 4. The Bertz CT molecular complexity index is 1720. The third-order valence-corrected chi connectivity index (χ3v) is 8.91. The second-order valence-electron chi connectivity index (χ2n) is 13.8. The molecule has 11 nitrogen and oxygen atoms in total. The summed E-state index contributed by atoms with van der Waals surface area (Å²) in [6, 6.07) is 24.1. The molecule has 0 aliphatic carbocycles. The van der Waals surface area contributed by atoms with Gasteiger partial charge in [-0.15, -0.1) is 0 Å². The van der Waals surface area contributed by atoms with E-state index in [1.54, 1.807) is 13.1 Å². The van der Waals surface area contributed by atoms with Crippen molar-refractivity contribution in [3.05, 3.63) is 105 Å². The average molecular weight is 739 g/mol. The summed E-state index contributed by atoms with van der Waals surface area (Å²) in [5.74, 6) is 0. The van der Waals surface area contributed by atoms with Gasteiger partial charge in [0.15, 0.2) is 0 Å². The van der Waals surface area contributed by atoms with Gasteiger partial charge in [0.05, 0.1) is 73.5 Å². The van der Waals surface area contributed by atoms with Gasteiger partial charge in [-0.25, -0.2) is 4.79 Å². The molecule has 0 spiro atoms. The number of carbonyl (C=O) groups is 1. The highest BCUT2D eigenvalue weighted by Gasteiger charge is 2.29. The molecule has 11 heteroatoms. The molecule has 0 bridgehead atoms. The molecular formula is C43H58N6O5. The van der Waals surface area contributed by atoms with E-state index in [1.165, 1.54) is 16.0 Å². The molecule has 0 fully saturated rings. The maximum absolute atomic E-state index is 12.1. The zero-order valence-electron chi connectivity index (χ0n) is 31.1. The molecule has 54 heavy (non-hydrogen) atoms. The van der Waals surface area contributed by atoms with E-state index >= 15 is 0 Å². The van der Waals surface area contributed by atoms with Crippen LogP contribution < -0.4 is 10.6 Å². The fourth-order valence-electron chi connectivity index (χ4n) is 6.61. The highest BCUT2D eigenvalue weighted by Crippen LogP contribution is 2.32. The van der Waals surface area contributed by atoms with Crippen molar-refractivity contribution in [1.82, 2.24) is 15.5 Å². The van der Waals surface area contributed by atoms with E-state index < -0.39 is 11.7 Å². The van der Waals surface area contributed by atoms with Crippen molar-refractivity contribution < 1.29 is 23.7 Å². The number of hydrogen-bond donors (Lipinski definition) is 2. The molecule has 2 N–H and O–H groups in total. The van der Waals surface area contributed by atoms with Crippen molar-refractivity contribution in [3.8, 4) is 18.2 Å². The van der Waals surface area contributed by atoms with E-state index in [1.807, 2.05) is 71.3 Å². The maximum atomic E-state index is 12.1. The van der Waals surface area contributed by atoms with Gasteiger partial charge in [-0.05, 0) is 89.0 Å². The number of fused-ring (bicyclic) bond motifs is 3. The maximum Gasteiger partial charge on any atom is 0.410 e. The highest BCUT2D eigenvalue weighted by molar-refractivity contribution is 5.68. The van der Waals surface area contributed by atoms with Gasteiger partial charge in [-0.1, -0.05) is 51.3 Å². The van der Waals surface area contributed by atoms with Crippen LogP contribution in [0.25, 0.3) is 0 Å². The first kappa shape index (κ1) is 45.4. The summed E-state index contributed by atoms with van der Waals surface area (Å²) < 4.78 is 22.5. The summed E-state index contributed by atoms with van der Waals surface area (Å²) in [7, 11) is 5.47. The molecule has 0 radical (unpaired) electrons. The van der Waals surface area contributed by atoms with Crippen LogP contribution in [0.3, 0.4) is 0 Å². The van der Waals surface area contributed by atoms with Gasteiger partial charge in [0.25, 0.3) is 0 Å². The summed E-state index contributed by atoms with van der Waals surface area (Å²) >= 11 is 0. The Morgan fingerprint density at radius 2 is 1.06 bits per heavy atom. The second kappa shape index (κ2) is 21.8. The summed E-state index contributed by atoms with van der Waals surface area (Å²) in [4.78, 5) is 13.6. The Kier molecular flexibility index (Phi) is 18.3. The lowest BCUT2D eigenvalue weighted by Crippen LogP contribution is -2.38. The lowest BCUT2D eigenvalue weighted by molar-refractivity contribution is -0.00175. The molecule has 3 heterocycles. The molecule has 0 saturated heterocycles. The number of benzene rings is 3. The summed E-state index contributed by atoms with van der Waals surface area (Å²) in [5.41, 5.74) is 8.22. The molecule has 1 unspecified atom stereocenters. The van der Waals surface area contributed by atoms with Crippen LogP contribution in [0.15, 0.2) is 54.6 Å². The van der Waals surface area contributed by atoms with Crippen molar-refractivity contribution in [3.63, 3.8) is 0 Å². The molecule has 3 atom stereocenters. The standard InChI is InChI=1S/C17H22N2O3.2C12H14N2O.2CH4/c1-17(2,3)22-16(20)19(4)11-14-15-12(8-9-21-14)6-5-7-13(15)10-18;2*1-14-8-11-12-9(5-6-15-11)3-2-4-10(12)7-13;;/h5-7,14H,8-9,11H2,1-4H3;2*2-4,11,14H,5-6,8H2,1H3;2*1H4/t;2*11-;;/m.10../s1. The monoisotopic (exact) mass is 738 g/mol. The SMILES string of the molecule is C.C.CN(CC1OCCc2cccc(C#N)c21)C(=O)OC(C)(C)C.CNC[C@@H]1OCCc2cccc(C#N)c21.CNC[C@H]1OCCc2cccc(C#N)c21. The Morgan fingerprint density at radius 1 is 0.704 bits per heavy atom. The molecule has 3 aromatic carbocycles. The van der Waals surface area contributed by atoms with Crippen LogP contribution >= 0.6 is 0 Å². The Morgan fingerprint density at radius 3 is 1.39 bits per heavy atom. The van der Waals surface area contributed by atoms with E-state index in [0.717, 1.165) is 78.9 Å². The zero-order valence-corrected chi connectivity index (χ0v) is 31.1. The third-order valence-electron chi connectivity index (χ3n) is 8.91. The smallest absolute Gasteiger partial charge is 0.410 e. The molecule has 0 aromatic heterocycles. The number of hydrogen-bond acceptors (Lipinski definition) is 10. The fourth-order valence-corrected chi connectivity index (χ4v) is 6.61. The van der Waals surface area contributed by atoms with Gasteiger partial charge in [-0.3, -0.25) is 0 Å². The average Bonchev–Trinajstić information content (AvgIpc) is 3.14. The summed E-state index contributed by atoms with van der Waals surface area (Å²) in [6.07, 6.45) is 1.96. The van der Waals surface area contributed by atoms with Crippen LogP contribution in [0.4, 0.5) is 4.79 Å². The first-order chi connectivity index (χ1) is 25.0. The van der Waals surface area contributed by atoms with Gasteiger partial charge < -0.3 is 34.5 Å². The normalized spacial score (nSPS) is 17.8. The lowest BCUT2D eigenvalue weighted by Gasteiger charge is -2.31. The van der Waals surface area contributed by atoms with Crippen LogP contribution in [0.2, 0.25) is 0 Å². The lowest BCUT2D eigenvalue weighted by atomic mass is 9.93. The summed E-state index contributed by atoms with van der Waals surface area (Å²) in [5, 5.41) is 33.6. The molecule has 3 aliphatic heterocycles. The Labute approximate surface area is 322 Å². The highest BCUT2D eigenvalue weighted by atomic mass is 16.6. The molecule has 6 rings (SSSR count). The van der Waals surface area contributed by atoms with Crippen molar-refractivity contribution >= 4 is 6.09 Å². The van der Waals surface area contributed by atoms with E-state index in [-0.39, 0.29) is 33.2 Å². The molecule has 3 aromatic rings. The van der Waals surface area contributed by atoms with Crippen LogP contribution in [-0.2, 0) is 38.2 Å². The quantitative estimate of drug-likeness (QED) is 0.268. The first-order valence-electron chi connectivity index (χ1n) is 17.7. The van der Waals surface area contributed by atoms with Gasteiger partial charge in [0.2, 0.25) is 0 Å². The van der Waals surface area contributed by atoms with Crippen molar-refractivity contribution in [2.45, 2.75) is 78.8 Å². The minimum atomic E-state index is -0.533. The summed E-state index contributed by atoms with van der Waals surface area (Å²) in [6.45, 7) is 9.45. The number of rotatable bonds is 6. The van der Waals surface area contributed by atoms with Crippen LogP contribution in [0.1, 0.15) is 104 Å². The van der Waals surface area contributed by atoms with Crippen LogP contribution in [0.5, 0.6) is 0 Å². The molecule has 3 aliphatic rings. The number of nitrogens with zero attached hydrogens (tertiary/aromatic N) is 4. The van der Waals surface area contributed by atoms with Crippen molar-refractivity contribution in [2.24, 2.45) is 0 Å². The van der Waals surface area contributed by atoms with Gasteiger partial charge in [0, 0.05) is 36.8 Å². The minimum absolute atomic E-state index is 0.